The van der Waals surface area contributed by atoms with Crippen molar-refractivity contribution in [3.63, 3.8) is 0 Å². The summed E-state index contributed by atoms with van der Waals surface area (Å²) in [5.41, 5.74) is 2.79. The second-order valence-corrected chi connectivity index (χ2v) is 6.93. The van der Waals surface area contributed by atoms with Gasteiger partial charge in [-0.25, -0.2) is 0 Å². The van der Waals surface area contributed by atoms with E-state index in [0.29, 0.717) is 12.1 Å². The molecule has 0 aliphatic carbocycles. The zero-order valence-corrected chi connectivity index (χ0v) is 13.0. The zero-order valence-electron chi connectivity index (χ0n) is 12.1. The van der Waals surface area contributed by atoms with E-state index in [4.69, 9.17) is 0 Å². The molecular weight excluding hydrogens is 268 g/mol. The summed E-state index contributed by atoms with van der Waals surface area (Å²) < 4.78 is 0. The minimum atomic E-state index is -0.00541. The first kappa shape index (κ1) is 14.0. The van der Waals surface area contributed by atoms with Gasteiger partial charge in [0.05, 0.1) is 6.04 Å². The van der Waals surface area contributed by atoms with E-state index in [-0.39, 0.29) is 11.9 Å². The summed E-state index contributed by atoms with van der Waals surface area (Å²) in [6, 6.07) is 9.21. The van der Waals surface area contributed by atoms with Gasteiger partial charge in [0, 0.05) is 30.1 Å². The van der Waals surface area contributed by atoms with E-state index in [0.717, 1.165) is 24.5 Å². The standard InChI is InChI=1S/C16H22N2OS/c1-11(2)18-8-7-14(16(18)19)17-15-10-20-9-12-5-3-4-6-13(12)15/h3-6,11,14-15,17H,7-10H2,1-2H3/t14-,15+/m0/s1. The summed E-state index contributed by atoms with van der Waals surface area (Å²) in [7, 11) is 0. The molecule has 0 unspecified atom stereocenters. The quantitative estimate of drug-likeness (QED) is 0.928. The molecule has 2 atom stereocenters. The number of nitrogens with zero attached hydrogens (tertiary/aromatic N) is 1. The molecule has 0 aromatic heterocycles. The summed E-state index contributed by atoms with van der Waals surface area (Å²) >= 11 is 1.95. The van der Waals surface area contributed by atoms with Crippen LogP contribution in [0.25, 0.3) is 0 Å². The molecule has 0 spiro atoms. The fourth-order valence-electron chi connectivity index (χ4n) is 3.13. The third-order valence-electron chi connectivity index (χ3n) is 4.24. The maximum absolute atomic E-state index is 12.4. The lowest BCUT2D eigenvalue weighted by atomic mass is 10.0. The normalized spacial score (nSPS) is 26.1. The Morgan fingerprint density at radius 3 is 2.85 bits per heavy atom. The first-order valence-electron chi connectivity index (χ1n) is 7.39. The molecule has 3 rings (SSSR count). The minimum absolute atomic E-state index is 0.00541. The molecule has 108 valence electrons. The summed E-state index contributed by atoms with van der Waals surface area (Å²) in [6.45, 7) is 5.06. The Balaban J connectivity index is 1.72. The Labute approximate surface area is 125 Å². The lowest BCUT2D eigenvalue weighted by molar-refractivity contribution is -0.130. The first-order chi connectivity index (χ1) is 9.66. The molecule has 2 aliphatic rings. The molecule has 2 heterocycles. The van der Waals surface area contributed by atoms with Gasteiger partial charge in [-0.15, -0.1) is 0 Å². The lowest BCUT2D eigenvalue weighted by Crippen LogP contribution is -2.43. The van der Waals surface area contributed by atoms with Crippen molar-refractivity contribution >= 4 is 17.7 Å². The van der Waals surface area contributed by atoms with Crippen LogP contribution >= 0.6 is 11.8 Å². The minimum Gasteiger partial charge on any atom is -0.339 e. The van der Waals surface area contributed by atoms with Gasteiger partial charge >= 0.3 is 0 Å². The summed E-state index contributed by atoms with van der Waals surface area (Å²) in [6.07, 6.45) is 0.931. The van der Waals surface area contributed by atoms with E-state index < -0.39 is 0 Å². The van der Waals surface area contributed by atoms with Gasteiger partial charge < -0.3 is 4.90 Å². The van der Waals surface area contributed by atoms with Gasteiger partial charge in [-0.05, 0) is 31.4 Å². The van der Waals surface area contributed by atoms with Gasteiger partial charge in [0.2, 0.25) is 5.91 Å². The second kappa shape index (κ2) is 5.78. The summed E-state index contributed by atoms with van der Waals surface area (Å²) in [5.74, 6) is 2.42. The topological polar surface area (TPSA) is 32.3 Å². The Kier molecular flexibility index (Phi) is 4.03. The zero-order chi connectivity index (χ0) is 14.1. The predicted octanol–water partition coefficient (Wildman–Crippen LogP) is 2.57. The van der Waals surface area contributed by atoms with Crippen LogP contribution in [-0.4, -0.2) is 35.2 Å². The van der Waals surface area contributed by atoms with Crippen molar-refractivity contribution in [3.05, 3.63) is 35.4 Å². The average molecular weight is 290 g/mol. The number of amides is 1. The van der Waals surface area contributed by atoms with Crippen molar-refractivity contribution in [2.75, 3.05) is 12.3 Å². The number of thioether (sulfide) groups is 1. The third-order valence-corrected chi connectivity index (χ3v) is 5.32. The maximum Gasteiger partial charge on any atom is 0.240 e. The monoisotopic (exact) mass is 290 g/mol. The van der Waals surface area contributed by atoms with Crippen molar-refractivity contribution in [3.8, 4) is 0 Å². The van der Waals surface area contributed by atoms with Crippen LogP contribution in [0.5, 0.6) is 0 Å². The highest BCUT2D eigenvalue weighted by Crippen LogP contribution is 2.32. The van der Waals surface area contributed by atoms with Crippen molar-refractivity contribution in [2.45, 2.75) is 44.1 Å². The van der Waals surface area contributed by atoms with Crippen LogP contribution < -0.4 is 5.32 Å². The predicted molar refractivity (Wildman–Crippen MR) is 83.7 cm³/mol. The Morgan fingerprint density at radius 2 is 2.10 bits per heavy atom. The van der Waals surface area contributed by atoms with Crippen LogP contribution in [0, 0.1) is 0 Å². The van der Waals surface area contributed by atoms with Gasteiger partial charge in [0.25, 0.3) is 0 Å². The van der Waals surface area contributed by atoms with E-state index in [1.165, 1.54) is 11.1 Å². The van der Waals surface area contributed by atoms with E-state index in [9.17, 15) is 4.79 Å². The van der Waals surface area contributed by atoms with Crippen LogP contribution in [0.2, 0.25) is 0 Å². The van der Waals surface area contributed by atoms with Gasteiger partial charge in [-0.2, -0.15) is 11.8 Å². The van der Waals surface area contributed by atoms with E-state index in [2.05, 4.69) is 43.4 Å². The Hall–Kier alpha value is -1.00. The molecule has 1 aromatic rings. The van der Waals surface area contributed by atoms with Crippen LogP contribution in [-0.2, 0) is 10.5 Å². The molecule has 3 nitrogen and oxygen atoms in total. The Bertz CT molecular complexity index is 503. The molecule has 20 heavy (non-hydrogen) atoms. The molecule has 0 saturated carbocycles. The SMILES string of the molecule is CC(C)N1CC[C@H](N[C@@H]2CSCc3ccccc32)C1=O. The third kappa shape index (κ3) is 2.59. The number of nitrogens with one attached hydrogen (secondary N) is 1. The van der Waals surface area contributed by atoms with Gasteiger partial charge in [0.1, 0.15) is 0 Å². The number of fused-ring (bicyclic) bond motifs is 1. The molecular formula is C16H22N2OS. The second-order valence-electron chi connectivity index (χ2n) is 5.90. The van der Waals surface area contributed by atoms with Crippen molar-refractivity contribution in [1.82, 2.24) is 10.2 Å². The van der Waals surface area contributed by atoms with Crippen LogP contribution in [0.1, 0.15) is 37.4 Å². The van der Waals surface area contributed by atoms with E-state index >= 15 is 0 Å². The van der Waals surface area contributed by atoms with E-state index in [1.807, 2.05) is 16.7 Å². The van der Waals surface area contributed by atoms with Crippen molar-refractivity contribution in [2.24, 2.45) is 0 Å². The molecule has 1 saturated heterocycles. The van der Waals surface area contributed by atoms with Crippen LogP contribution in [0.4, 0.5) is 0 Å². The van der Waals surface area contributed by atoms with Gasteiger partial charge in [-0.3, -0.25) is 10.1 Å². The highest BCUT2D eigenvalue weighted by molar-refractivity contribution is 7.98. The van der Waals surface area contributed by atoms with E-state index in [1.54, 1.807) is 0 Å². The number of benzene rings is 1. The molecule has 0 radical (unpaired) electrons. The average Bonchev–Trinajstić information content (AvgIpc) is 2.81. The highest BCUT2D eigenvalue weighted by Gasteiger charge is 2.35. The molecule has 1 aromatic carbocycles. The lowest BCUT2D eigenvalue weighted by Gasteiger charge is -2.28. The fourth-order valence-corrected chi connectivity index (χ4v) is 4.24. The molecule has 0 bridgehead atoms. The highest BCUT2D eigenvalue weighted by atomic mass is 32.2. The maximum atomic E-state index is 12.4. The summed E-state index contributed by atoms with van der Waals surface area (Å²) in [4.78, 5) is 14.4. The number of hydrogen-bond acceptors (Lipinski definition) is 3. The molecule has 4 heteroatoms. The van der Waals surface area contributed by atoms with Crippen molar-refractivity contribution < 1.29 is 4.79 Å². The van der Waals surface area contributed by atoms with Crippen LogP contribution in [0.3, 0.4) is 0 Å². The van der Waals surface area contributed by atoms with Crippen molar-refractivity contribution in [1.29, 1.82) is 0 Å². The Morgan fingerprint density at radius 1 is 1.30 bits per heavy atom. The number of carbonyl (C=O) groups excluding carboxylic acids is 1. The summed E-state index contributed by atoms with van der Waals surface area (Å²) in [5, 5.41) is 3.60. The first-order valence-corrected chi connectivity index (χ1v) is 8.54. The molecule has 2 aliphatic heterocycles. The van der Waals surface area contributed by atoms with Gasteiger partial charge in [-0.1, -0.05) is 24.3 Å². The fraction of sp³-hybridized carbons (Fsp3) is 0.562. The smallest absolute Gasteiger partial charge is 0.240 e. The van der Waals surface area contributed by atoms with Gasteiger partial charge in [0.15, 0.2) is 0 Å². The number of carbonyl (C=O) groups is 1. The largest absolute Gasteiger partial charge is 0.339 e. The number of rotatable bonds is 3. The number of likely N-dealkylation sites (tertiary alicyclic amines) is 1. The molecule has 1 fully saturated rings. The van der Waals surface area contributed by atoms with Crippen LogP contribution in [0.15, 0.2) is 24.3 Å². The molecule has 1 amide bonds. The molecule has 1 N–H and O–H groups in total. The number of hydrogen-bond donors (Lipinski definition) is 1.